The number of alkyl carbamates (subject to hydrolysis) is 1. The van der Waals surface area contributed by atoms with Gasteiger partial charge < -0.3 is 20.7 Å². The topological polar surface area (TPSA) is 79.5 Å². The molecule has 0 aliphatic carbocycles. The maximum absolute atomic E-state index is 12.3. The fraction of sp³-hybridized carbons (Fsp3) is 0.300. The zero-order chi connectivity index (χ0) is 18.9. The summed E-state index contributed by atoms with van der Waals surface area (Å²) in [6.07, 6.45) is -0.439. The van der Waals surface area contributed by atoms with Crippen molar-refractivity contribution in [2.75, 3.05) is 10.6 Å². The number of urea groups is 1. The van der Waals surface area contributed by atoms with E-state index in [1.807, 2.05) is 64.1 Å². The summed E-state index contributed by atoms with van der Waals surface area (Å²) in [5.41, 5.74) is 3.76. The number of rotatable bonds is 3. The van der Waals surface area contributed by atoms with Crippen molar-refractivity contribution in [2.45, 2.75) is 39.3 Å². The van der Waals surface area contributed by atoms with E-state index in [2.05, 4.69) is 16.0 Å². The Morgan fingerprint density at radius 1 is 1.12 bits per heavy atom. The van der Waals surface area contributed by atoms with E-state index < -0.39 is 11.7 Å². The first-order valence-corrected chi connectivity index (χ1v) is 8.49. The molecule has 2 aromatic rings. The Morgan fingerprint density at radius 3 is 2.54 bits per heavy atom. The van der Waals surface area contributed by atoms with E-state index in [-0.39, 0.29) is 12.1 Å². The van der Waals surface area contributed by atoms with E-state index >= 15 is 0 Å². The molecule has 1 unspecified atom stereocenters. The van der Waals surface area contributed by atoms with Crippen molar-refractivity contribution in [1.29, 1.82) is 0 Å². The van der Waals surface area contributed by atoms with Crippen LogP contribution in [0.5, 0.6) is 0 Å². The second-order valence-corrected chi connectivity index (χ2v) is 7.09. The van der Waals surface area contributed by atoms with E-state index in [4.69, 9.17) is 4.74 Å². The van der Waals surface area contributed by atoms with Crippen LogP contribution in [-0.4, -0.2) is 17.7 Å². The zero-order valence-electron chi connectivity index (χ0n) is 15.3. The number of nitrogens with one attached hydrogen (secondary N) is 3. The number of anilines is 2. The normalized spacial score (nSPS) is 18.0. The standard InChI is InChI=1S/C20H23N3O3/c1-12-8-9-16(13(2)10-12)22-18(24)21-15-7-5-6-14(11-15)17-20(3,4)26-19(25)23-17/h5-11,17H,1-4H3,(H,23,25)(H2,21,22,24). The van der Waals surface area contributed by atoms with E-state index in [1.165, 1.54) is 0 Å². The molecule has 6 heteroatoms. The molecule has 0 aromatic heterocycles. The van der Waals surface area contributed by atoms with E-state index in [0.29, 0.717) is 5.69 Å². The molecular formula is C20H23N3O3. The van der Waals surface area contributed by atoms with Gasteiger partial charge >= 0.3 is 12.1 Å². The number of ether oxygens (including phenoxy) is 1. The highest BCUT2D eigenvalue weighted by atomic mass is 16.6. The molecule has 0 bridgehead atoms. The minimum atomic E-state index is -0.656. The molecule has 6 nitrogen and oxygen atoms in total. The molecule has 1 atom stereocenters. The molecule has 2 aromatic carbocycles. The Balaban J connectivity index is 1.72. The molecule has 1 saturated heterocycles. The first-order chi connectivity index (χ1) is 12.2. The van der Waals surface area contributed by atoms with E-state index in [0.717, 1.165) is 22.4 Å². The molecule has 1 aliphatic rings. The van der Waals surface area contributed by atoms with E-state index in [1.54, 1.807) is 6.07 Å². The van der Waals surface area contributed by atoms with Gasteiger partial charge in [0.2, 0.25) is 0 Å². The zero-order valence-corrected chi connectivity index (χ0v) is 15.3. The van der Waals surface area contributed by atoms with Gasteiger partial charge in [-0.15, -0.1) is 0 Å². The fourth-order valence-corrected chi connectivity index (χ4v) is 3.14. The number of aryl methyl sites for hydroxylation is 2. The van der Waals surface area contributed by atoms with Crippen LogP contribution in [0.4, 0.5) is 21.0 Å². The molecule has 0 spiro atoms. The van der Waals surface area contributed by atoms with Crippen molar-refractivity contribution in [2.24, 2.45) is 0 Å². The van der Waals surface area contributed by atoms with E-state index in [9.17, 15) is 9.59 Å². The highest BCUT2D eigenvalue weighted by molar-refractivity contribution is 6.00. The molecule has 1 fully saturated rings. The first kappa shape index (κ1) is 17.8. The summed E-state index contributed by atoms with van der Waals surface area (Å²) in [6, 6.07) is 12.6. The molecule has 0 radical (unpaired) electrons. The lowest BCUT2D eigenvalue weighted by molar-refractivity contribution is 0.0684. The van der Waals surface area contributed by atoms with Crippen molar-refractivity contribution < 1.29 is 14.3 Å². The van der Waals surface area contributed by atoms with Crippen LogP contribution in [0.15, 0.2) is 42.5 Å². The van der Waals surface area contributed by atoms with Gasteiger partial charge in [-0.05, 0) is 57.0 Å². The van der Waals surface area contributed by atoms with Gasteiger partial charge in [0.25, 0.3) is 0 Å². The van der Waals surface area contributed by atoms with Crippen LogP contribution in [0, 0.1) is 13.8 Å². The monoisotopic (exact) mass is 353 g/mol. The van der Waals surface area contributed by atoms with Gasteiger partial charge in [0.1, 0.15) is 5.60 Å². The fourth-order valence-electron chi connectivity index (χ4n) is 3.14. The largest absolute Gasteiger partial charge is 0.441 e. The number of carbonyl (C=O) groups is 2. The van der Waals surface area contributed by atoms with Crippen molar-refractivity contribution in [1.82, 2.24) is 5.32 Å². The second-order valence-electron chi connectivity index (χ2n) is 7.09. The lowest BCUT2D eigenvalue weighted by Gasteiger charge is -2.24. The van der Waals surface area contributed by atoms with Crippen LogP contribution in [-0.2, 0) is 4.74 Å². The first-order valence-electron chi connectivity index (χ1n) is 8.49. The minimum absolute atomic E-state index is 0.279. The summed E-state index contributed by atoms with van der Waals surface area (Å²) < 4.78 is 5.29. The highest BCUT2D eigenvalue weighted by Crippen LogP contribution is 2.34. The number of carbonyl (C=O) groups excluding carboxylic acids is 2. The van der Waals surface area contributed by atoms with Crippen LogP contribution >= 0.6 is 0 Å². The smallest absolute Gasteiger partial charge is 0.408 e. The van der Waals surface area contributed by atoms with Gasteiger partial charge in [0.15, 0.2) is 0 Å². The van der Waals surface area contributed by atoms with Crippen LogP contribution in [0.1, 0.15) is 36.6 Å². The van der Waals surface area contributed by atoms with Gasteiger partial charge in [0.05, 0.1) is 6.04 Å². The van der Waals surface area contributed by atoms with Crippen molar-refractivity contribution in [3.8, 4) is 0 Å². The predicted octanol–water partition coefficient (Wildman–Crippen LogP) is 4.51. The average Bonchev–Trinajstić information content (AvgIpc) is 2.83. The number of amides is 3. The Hall–Kier alpha value is -3.02. The highest BCUT2D eigenvalue weighted by Gasteiger charge is 2.42. The second kappa shape index (κ2) is 6.71. The summed E-state index contributed by atoms with van der Waals surface area (Å²) in [4.78, 5) is 23.9. The summed E-state index contributed by atoms with van der Waals surface area (Å²) >= 11 is 0. The third-order valence-electron chi connectivity index (χ3n) is 4.42. The van der Waals surface area contributed by atoms with Crippen molar-refractivity contribution in [3.05, 3.63) is 59.2 Å². The molecule has 136 valence electrons. The summed E-state index contributed by atoms with van der Waals surface area (Å²) in [7, 11) is 0. The van der Waals surface area contributed by atoms with Crippen molar-refractivity contribution >= 4 is 23.5 Å². The number of benzene rings is 2. The molecule has 26 heavy (non-hydrogen) atoms. The summed E-state index contributed by atoms with van der Waals surface area (Å²) in [6.45, 7) is 7.66. The molecule has 3 N–H and O–H groups in total. The summed E-state index contributed by atoms with van der Waals surface area (Å²) in [5.74, 6) is 0. The lowest BCUT2D eigenvalue weighted by Crippen LogP contribution is -2.30. The third kappa shape index (κ3) is 3.79. The lowest BCUT2D eigenvalue weighted by atomic mass is 9.92. The van der Waals surface area contributed by atoms with Crippen molar-refractivity contribution in [3.63, 3.8) is 0 Å². The van der Waals surface area contributed by atoms with Gasteiger partial charge in [-0.2, -0.15) is 0 Å². The molecule has 3 rings (SSSR count). The third-order valence-corrected chi connectivity index (χ3v) is 4.42. The maximum atomic E-state index is 12.3. The van der Waals surface area contributed by atoms with Gasteiger partial charge in [-0.3, -0.25) is 0 Å². The van der Waals surface area contributed by atoms with Crippen LogP contribution in [0.3, 0.4) is 0 Å². The van der Waals surface area contributed by atoms with Gasteiger partial charge in [-0.1, -0.05) is 29.8 Å². The predicted molar refractivity (Wildman–Crippen MR) is 101 cm³/mol. The Labute approximate surface area is 152 Å². The number of hydrogen-bond acceptors (Lipinski definition) is 3. The Kier molecular flexibility index (Phi) is 4.59. The maximum Gasteiger partial charge on any atom is 0.408 e. The average molecular weight is 353 g/mol. The van der Waals surface area contributed by atoms with Crippen LogP contribution in [0.25, 0.3) is 0 Å². The summed E-state index contributed by atoms with van der Waals surface area (Å²) in [5, 5.41) is 8.49. The van der Waals surface area contributed by atoms with Crippen LogP contribution < -0.4 is 16.0 Å². The number of cyclic esters (lactones) is 1. The van der Waals surface area contributed by atoms with Gasteiger partial charge in [-0.25, -0.2) is 9.59 Å². The molecule has 3 amide bonds. The Morgan fingerprint density at radius 2 is 1.88 bits per heavy atom. The quantitative estimate of drug-likeness (QED) is 0.760. The minimum Gasteiger partial charge on any atom is -0.441 e. The molecule has 1 heterocycles. The number of hydrogen-bond donors (Lipinski definition) is 3. The molecule has 1 aliphatic heterocycles. The van der Waals surface area contributed by atoms with Crippen LogP contribution in [0.2, 0.25) is 0 Å². The SMILES string of the molecule is Cc1ccc(NC(=O)Nc2cccc(C3NC(=O)OC3(C)C)c2)c(C)c1. The Bertz CT molecular complexity index is 861. The molecular weight excluding hydrogens is 330 g/mol. The van der Waals surface area contributed by atoms with Gasteiger partial charge in [0, 0.05) is 11.4 Å². The molecule has 0 saturated carbocycles.